The Balaban J connectivity index is 2.05. The predicted octanol–water partition coefficient (Wildman–Crippen LogP) is 2.02. The Bertz CT molecular complexity index is 377. The van der Waals surface area contributed by atoms with Crippen molar-refractivity contribution in [1.29, 1.82) is 0 Å². The van der Waals surface area contributed by atoms with Gasteiger partial charge in [0.2, 0.25) is 0 Å². The monoisotopic (exact) mass is 225 g/mol. The normalized spacial score (nSPS) is 16.9. The van der Waals surface area contributed by atoms with E-state index >= 15 is 0 Å². The molecule has 0 bridgehead atoms. The second-order valence-corrected chi connectivity index (χ2v) is 4.36. The van der Waals surface area contributed by atoms with Crippen molar-refractivity contribution in [1.82, 2.24) is 0 Å². The van der Waals surface area contributed by atoms with Crippen LogP contribution in [0, 0.1) is 11.2 Å². The van der Waals surface area contributed by atoms with Gasteiger partial charge in [-0.05, 0) is 25.0 Å². The van der Waals surface area contributed by atoms with Gasteiger partial charge in [0.05, 0.1) is 19.4 Å². The van der Waals surface area contributed by atoms with E-state index in [0.717, 1.165) is 12.8 Å². The Morgan fingerprint density at radius 1 is 1.50 bits per heavy atom. The number of benzene rings is 1. The van der Waals surface area contributed by atoms with Gasteiger partial charge in [-0.1, -0.05) is 0 Å². The summed E-state index contributed by atoms with van der Waals surface area (Å²) < 4.78 is 18.2. The van der Waals surface area contributed by atoms with Gasteiger partial charge in [-0.25, -0.2) is 4.39 Å². The molecule has 1 fully saturated rings. The molecule has 1 aliphatic rings. The van der Waals surface area contributed by atoms with Crippen LogP contribution in [-0.4, -0.2) is 25.4 Å². The van der Waals surface area contributed by atoms with E-state index in [-0.39, 0.29) is 17.8 Å². The second kappa shape index (κ2) is 4.29. The highest BCUT2D eigenvalue weighted by Gasteiger charge is 2.41. The fourth-order valence-corrected chi connectivity index (χ4v) is 1.67. The summed E-state index contributed by atoms with van der Waals surface area (Å²) in [6.45, 7) is 0.834. The van der Waals surface area contributed by atoms with Gasteiger partial charge >= 0.3 is 0 Å². The molecule has 0 aromatic heterocycles. The van der Waals surface area contributed by atoms with Crippen molar-refractivity contribution in [2.75, 3.05) is 25.6 Å². The summed E-state index contributed by atoms with van der Waals surface area (Å²) in [5.74, 6) is 0.326. The number of anilines is 1. The highest BCUT2D eigenvalue weighted by molar-refractivity contribution is 5.56. The zero-order valence-electron chi connectivity index (χ0n) is 9.29. The van der Waals surface area contributed by atoms with Crippen molar-refractivity contribution in [2.45, 2.75) is 12.8 Å². The van der Waals surface area contributed by atoms with Crippen LogP contribution in [0.4, 0.5) is 10.1 Å². The largest absolute Gasteiger partial charge is 0.495 e. The lowest BCUT2D eigenvalue weighted by atomic mass is 10.1. The fourth-order valence-electron chi connectivity index (χ4n) is 1.67. The van der Waals surface area contributed by atoms with Crippen LogP contribution in [0.3, 0.4) is 0 Å². The lowest BCUT2D eigenvalue weighted by Crippen LogP contribution is -2.19. The third-order valence-corrected chi connectivity index (χ3v) is 3.11. The van der Waals surface area contributed by atoms with Gasteiger partial charge in [0, 0.05) is 18.0 Å². The molecule has 0 saturated heterocycles. The van der Waals surface area contributed by atoms with Crippen LogP contribution in [0.25, 0.3) is 0 Å². The molecule has 0 atom stereocenters. The summed E-state index contributed by atoms with van der Waals surface area (Å²) in [7, 11) is 1.55. The summed E-state index contributed by atoms with van der Waals surface area (Å²) in [5, 5.41) is 12.3. The van der Waals surface area contributed by atoms with Gasteiger partial charge in [-0.15, -0.1) is 0 Å². The smallest absolute Gasteiger partial charge is 0.142 e. The Morgan fingerprint density at radius 2 is 2.25 bits per heavy atom. The molecule has 2 rings (SSSR count). The molecule has 88 valence electrons. The van der Waals surface area contributed by atoms with Crippen molar-refractivity contribution in [3.8, 4) is 5.75 Å². The molecular weight excluding hydrogens is 209 g/mol. The first-order chi connectivity index (χ1) is 7.69. The molecule has 1 saturated carbocycles. The minimum Gasteiger partial charge on any atom is -0.495 e. The van der Waals surface area contributed by atoms with E-state index in [2.05, 4.69) is 5.32 Å². The van der Waals surface area contributed by atoms with E-state index < -0.39 is 0 Å². The summed E-state index contributed by atoms with van der Waals surface area (Å²) >= 11 is 0. The zero-order chi connectivity index (χ0) is 11.6. The molecule has 0 heterocycles. The summed E-state index contributed by atoms with van der Waals surface area (Å²) in [6, 6.07) is 4.37. The van der Waals surface area contributed by atoms with Crippen molar-refractivity contribution < 1.29 is 14.2 Å². The SMILES string of the molecule is COc1ccc(F)cc1NCC1(CO)CC1. The maximum atomic E-state index is 13.1. The van der Waals surface area contributed by atoms with E-state index in [0.29, 0.717) is 18.0 Å². The molecule has 0 amide bonds. The van der Waals surface area contributed by atoms with Gasteiger partial charge in [0.25, 0.3) is 0 Å². The number of hydrogen-bond donors (Lipinski definition) is 2. The number of aliphatic hydroxyl groups is 1. The Morgan fingerprint density at radius 3 is 2.81 bits per heavy atom. The first-order valence-electron chi connectivity index (χ1n) is 5.37. The number of nitrogens with one attached hydrogen (secondary N) is 1. The molecule has 1 aromatic carbocycles. The quantitative estimate of drug-likeness (QED) is 0.805. The topological polar surface area (TPSA) is 41.5 Å². The summed E-state index contributed by atoms with van der Waals surface area (Å²) in [4.78, 5) is 0. The van der Waals surface area contributed by atoms with E-state index in [1.807, 2.05) is 0 Å². The van der Waals surface area contributed by atoms with E-state index in [1.54, 1.807) is 13.2 Å². The van der Waals surface area contributed by atoms with E-state index in [9.17, 15) is 9.50 Å². The minimum absolute atomic E-state index is 0.00265. The average molecular weight is 225 g/mol. The molecule has 16 heavy (non-hydrogen) atoms. The third-order valence-electron chi connectivity index (χ3n) is 3.11. The van der Waals surface area contributed by atoms with Gasteiger partial charge < -0.3 is 15.2 Å². The maximum Gasteiger partial charge on any atom is 0.142 e. The Kier molecular flexibility index (Phi) is 3.01. The number of methoxy groups -OCH3 is 1. The standard InChI is InChI=1S/C12H16FNO2/c1-16-11-3-2-9(13)6-10(11)14-7-12(8-15)4-5-12/h2-3,6,14-15H,4-5,7-8H2,1H3. The van der Waals surface area contributed by atoms with Crippen molar-refractivity contribution >= 4 is 5.69 Å². The predicted molar refractivity (Wildman–Crippen MR) is 60.2 cm³/mol. The second-order valence-electron chi connectivity index (χ2n) is 4.36. The number of rotatable bonds is 5. The molecule has 3 nitrogen and oxygen atoms in total. The molecule has 0 unspecified atom stereocenters. The molecule has 1 aliphatic carbocycles. The highest BCUT2D eigenvalue weighted by Crippen LogP contribution is 2.45. The zero-order valence-corrected chi connectivity index (χ0v) is 9.29. The summed E-state index contributed by atoms with van der Waals surface area (Å²) in [5.41, 5.74) is 0.638. The first-order valence-corrected chi connectivity index (χ1v) is 5.37. The Labute approximate surface area is 94.2 Å². The van der Waals surface area contributed by atoms with Crippen molar-refractivity contribution in [3.05, 3.63) is 24.0 Å². The van der Waals surface area contributed by atoms with Crippen molar-refractivity contribution in [2.24, 2.45) is 5.41 Å². The van der Waals surface area contributed by atoms with Gasteiger partial charge in [0.15, 0.2) is 0 Å². The molecular formula is C12H16FNO2. The van der Waals surface area contributed by atoms with Crippen molar-refractivity contribution in [3.63, 3.8) is 0 Å². The van der Waals surface area contributed by atoms with E-state index in [1.165, 1.54) is 12.1 Å². The molecule has 1 aromatic rings. The molecule has 4 heteroatoms. The number of hydrogen-bond acceptors (Lipinski definition) is 3. The molecule has 0 aliphatic heterocycles. The highest BCUT2D eigenvalue weighted by atomic mass is 19.1. The van der Waals surface area contributed by atoms with Crippen LogP contribution >= 0.6 is 0 Å². The van der Waals surface area contributed by atoms with Crippen LogP contribution in [0.15, 0.2) is 18.2 Å². The minimum atomic E-state index is -0.294. The average Bonchev–Trinajstić information content (AvgIpc) is 3.07. The number of halogens is 1. The molecule has 0 radical (unpaired) electrons. The van der Waals surface area contributed by atoms with Crippen LogP contribution in [0.2, 0.25) is 0 Å². The van der Waals surface area contributed by atoms with Crippen LogP contribution in [-0.2, 0) is 0 Å². The lowest BCUT2D eigenvalue weighted by Gasteiger charge is -2.16. The molecule has 2 N–H and O–H groups in total. The maximum absolute atomic E-state index is 13.1. The first kappa shape index (κ1) is 11.2. The lowest BCUT2D eigenvalue weighted by molar-refractivity contribution is 0.219. The van der Waals surface area contributed by atoms with Gasteiger partial charge in [-0.2, -0.15) is 0 Å². The van der Waals surface area contributed by atoms with Gasteiger partial charge in [-0.3, -0.25) is 0 Å². The van der Waals surface area contributed by atoms with Crippen LogP contribution in [0.5, 0.6) is 5.75 Å². The summed E-state index contributed by atoms with van der Waals surface area (Å²) in [6.07, 6.45) is 2.04. The Hall–Kier alpha value is -1.29. The van der Waals surface area contributed by atoms with Gasteiger partial charge in [0.1, 0.15) is 11.6 Å². The number of aliphatic hydroxyl groups excluding tert-OH is 1. The fraction of sp³-hybridized carbons (Fsp3) is 0.500. The van der Waals surface area contributed by atoms with Crippen LogP contribution in [0.1, 0.15) is 12.8 Å². The van der Waals surface area contributed by atoms with E-state index in [4.69, 9.17) is 4.74 Å². The number of ether oxygens (including phenoxy) is 1. The molecule has 0 spiro atoms. The third kappa shape index (κ3) is 2.27. The van der Waals surface area contributed by atoms with Crippen LogP contribution < -0.4 is 10.1 Å².